The zero-order valence-corrected chi connectivity index (χ0v) is 15.2. The lowest BCUT2D eigenvalue weighted by molar-refractivity contribution is 0.186. The summed E-state index contributed by atoms with van der Waals surface area (Å²) < 4.78 is 14.0. The fourth-order valence-corrected chi connectivity index (χ4v) is 3.16. The summed E-state index contributed by atoms with van der Waals surface area (Å²) in [6, 6.07) is 3.48. The van der Waals surface area contributed by atoms with Crippen LogP contribution in [0, 0.1) is 12.7 Å². The summed E-state index contributed by atoms with van der Waals surface area (Å²) in [7, 11) is 2.13. The number of hydrazone groups is 1. The molecule has 2 heterocycles. The van der Waals surface area contributed by atoms with Crippen molar-refractivity contribution in [1.82, 2.24) is 14.8 Å². The highest BCUT2D eigenvalue weighted by Gasteiger charge is 2.32. The van der Waals surface area contributed by atoms with Crippen LogP contribution in [0.5, 0.6) is 0 Å². The highest BCUT2D eigenvalue weighted by atomic mass is 19.1. The van der Waals surface area contributed by atoms with Crippen LogP contribution in [-0.4, -0.2) is 59.7 Å². The molecule has 24 heavy (non-hydrogen) atoms. The molecule has 6 heteroatoms. The van der Waals surface area contributed by atoms with E-state index in [0.29, 0.717) is 5.56 Å². The molecule has 0 aromatic heterocycles. The van der Waals surface area contributed by atoms with Gasteiger partial charge in [-0.1, -0.05) is 0 Å². The van der Waals surface area contributed by atoms with Crippen LogP contribution in [0.1, 0.15) is 37.9 Å². The van der Waals surface area contributed by atoms with Gasteiger partial charge in [-0.15, -0.1) is 0 Å². The maximum atomic E-state index is 14.0. The molecule has 1 saturated heterocycles. The van der Waals surface area contributed by atoms with Gasteiger partial charge in [-0.2, -0.15) is 5.10 Å². The molecule has 0 amide bonds. The molecule has 0 N–H and O–H groups in total. The van der Waals surface area contributed by atoms with Gasteiger partial charge in [0, 0.05) is 43.5 Å². The van der Waals surface area contributed by atoms with Crippen molar-refractivity contribution in [2.24, 2.45) is 10.1 Å². The predicted molar refractivity (Wildman–Crippen MR) is 96.3 cm³/mol. The summed E-state index contributed by atoms with van der Waals surface area (Å²) in [5.41, 5.74) is 3.37. The zero-order valence-electron chi connectivity index (χ0n) is 15.2. The molecule has 2 aliphatic rings. The van der Waals surface area contributed by atoms with E-state index in [9.17, 15) is 4.39 Å². The van der Waals surface area contributed by atoms with Gasteiger partial charge in [-0.05, 0) is 46.4 Å². The van der Waals surface area contributed by atoms with E-state index < -0.39 is 0 Å². The average Bonchev–Trinajstić information content (AvgIpc) is 2.53. The maximum Gasteiger partial charge on any atom is 0.223 e. The van der Waals surface area contributed by atoms with Crippen molar-refractivity contribution in [3.63, 3.8) is 0 Å². The molecule has 0 bridgehead atoms. The number of halogens is 1. The summed E-state index contributed by atoms with van der Waals surface area (Å²) in [5.74, 6) is 0.624. The first-order valence-corrected chi connectivity index (χ1v) is 8.50. The first-order valence-electron chi connectivity index (χ1n) is 8.50. The van der Waals surface area contributed by atoms with Crippen molar-refractivity contribution in [3.8, 4) is 0 Å². The molecule has 1 unspecified atom stereocenters. The van der Waals surface area contributed by atoms with E-state index in [2.05, 4.69) is 23.8 Å². The van der Waals surface area contributed by atoms with E-state index in [-0.39, 0.29) is 11.9 Å². The topological polar surface area (TPSA) is 34.4 Å². The molecule has 130 valence electrons. The van der Waals surface area contributed by atoms with Crippen LogP contribution < -0.4 is 0 Å². The Morgan fingerprint density at radius 2 is 1.88 bits per heavy atom. The van der Waals surface area contributed by atoms with E-state index in [0.717, 1.165) is 49.1 Å². The second-order valence-corrected chi connectivity index (χ2v) is 6.93. The zero-order chi connectivity index (χ0) is 17.4. The van der Waals surface area contributed by atoms with Gasteiger partial charge in [0.1, 0.15) is 5.82 Å². The molecular formula is C18H26FN5. The van der Waals surface area contributed by atoms with Crippen LogP contribution in [0.25, 0.3) is 0 Å². The number of piperazine rings is 1. The number of fused-ring (bicyclic) bond motifs is 1. The van der Waals surface area contributed by atoms with Gasteiger partial charge in [0.25, 0.3) is 0 Å². The SMILES string of the molecule is CC(C)=NN1C(N2CCN(C)CC2)=Nc2cc(F)c(C)cc2C1C. The van der Waals surface area contributed by atoms with Gasteiger partial charge >= 0.3 is 0 Å². The Balaban J connectivity index is 2.05. The van der Waals surface area contributed by atoms with E-state index >= 15 is 0 Å². The normalized spacial score (nSPS) is 21.4. The number of guanidine groups is 1. The lowest BCUT2D eigenvalue weighted by Gasteiger charge is -2.41. The number of nitrogens with zero attached hydrogens (tertiary/aromatic N) is 5. The van der Waals surface area contributed by atoms with Crippen molar-refractivity contribution < 1.29 is 4.39 Å². The third-order valence-electron chi connectivity index (χ3n) is 4.64. The van der Waals surface area contributed by atoms with Gasteiger partial charge < -0.3 is 9.80 Å². The summed E-state index contributed by atoms with van der Waals surface area (Å²) in [6.07, 6.45) is 0. The standard InChI is InChI=1S/C18H26FN5/c1-12(2)21-24-14(4)15-10-13(3)16(19)11-17(15)20-18(24)23-8-6-22(5)7-9-23/h10-11,14H,6-9H2,1-5H3. The number of aryl methyl sites for hydroxylation is 1. The Morgan fingerprint density at radius 3 is 2.50 bits per heavy atom. The van der Waals surface area contributed by atoms with Gasteiger partial charge in [-0.25, -0.2) is 14.4 Å². The van der Waals surface area contributed by atoms with Gasteiger partial charge in [0.2, 0.25) is 5.96 Å². The molecular weight excluding hydrogens is 305 g/mol. The van der Waals surface area contributed by atoms with Crippen LogP contribution in [0.2, 0.25) is 0 Å². The van der Waals surface area contributed by atoms with E-state index in [1.54, 1.807) is 13.0 Å². The van der Waals surface area contributed by atoms with Crippen LogP contribution in [0.15, 0.2) is 22.2 Å². The first-order chi connectivity index (χ1) is 11.4. The minimum Gasteiger partial charge on any atom is -0.338 e. The van der Waals surface area contributed by atoms with Crippen molar-refractivity contribution >= 4 is 17.4 Å². The second-order valence-electron chi connectivity index (χ2n) is 6.93. The van der Waals surface area contributed by atoms with Crippen LogP contribution in [0.4, 0.5) is 10.1 Å². The van der Waals surface area contributed by atoms with Crippen molar-refractivity contribution in [2.75, 3.05) is 33.2 Å². The summed E-state index contributed by atoms with van der Waals surface area (Å²) in [5, 5.41) is 6.70. The molecule has 1 atom stereocenters. The smallest absolute Gasteiger partial charge is 0.223 e. The predicted octanol–water partition coefficient (Wildman–Crippen LogP) is 3.14. The third-order valence-corrected chi connectivity index (χ3v) is 4.64. The number of hydrogen-bond donors (Lipinski definition) is 0. The van der Waals surface area contributed by atoms with Crippen LogP contribution in [-0.2, 0) is 0 Å². The lowest BCUT2D eigenvalue weighted by atomic mass is 10.0. The molecule has 1 aromatic rings. The fourth-order valence-electron chi connectivity index (χ4n) is 3.16. The molecule has 0 saturated carbocycles. The van der Waals surface area contributed by atoms with E-state index in [1.165, 1.54) is 0 Å². The summed E-state index contributed by atoms with van der Waals surface area (Å²) in [4.78, 5) is 9.34. The minimum absolute atomic E-state index is 0.0290. The molecule has 0 aliphatic carbocycles. The number of hydrogen-bond acceptors (Lipinski definition) is 5. The maximum absolute atomic E-state index is 14.0. The largest absolute Gasteiger partial charge is 0.338 e. The molecule has 1 fully saturated rings. The Hall–Kier alpha value is -1.95. The number of benzene rings is 1. The molecule has 5 nitrogen and oxygen atoms in total. The van der Waals surface area contributed by atoms with Crippen molar-refractivity contribution in [3.05, 3.63) is 29.1 Å². The molecule has 2 aliphatic heterocycles. The monoisotopic (exact) mass is 331 g/mol. The minimum atomic E-state index is -0.203. The third kappa shape index (κ3) is 3.15. The number of likely N-dealkylation sites (N-methyl/N-ethyl adjacent to an activating group) is 1. The fraction of sp³-hybridized carbons (Fsp3) is 0.556. The molecule has 3 rings (SSSR count). The van der Waals surface area contributed by atoms with Gasteiger partial charge in [0.15, 0.2) is 0 Å². The van der Waals surface area contributed by atoms with Crippen molar-refractivity contribution in [1.29, 1.82) is 0 Å². The van der Waals surface area contributed by atoms with Crippen LogP contribution in [0.3, 0.4) is 0 Å². The van der Waals surface area contributed by atoms with Crippen LogP contribution >= 0.6 is 0 Å². The highest BCUT2D eigenvalue weighted by molar-refractivity contribution is 5.88. The number of aliphatic imine (C=N–C) groups is 1. The second kappa shape index (κ2) is 6.51. The first kappa shape index (κ1) is 16.9. The van der Waals surface area contributed by atoms with E-state index in [1.807, 2.05) is 24.9 Å². The number of rotatable bonds is 1. The average molecular weight is 331 g/mol. The van der Waals surface area contributed by atoms with Gasteiger partial charge in [-0.3, -0.25) is 0 Å². The van der Waals surface area contributed by atoms with Crippen molar-refractivity contribution in [2.45, 2.75) is 33.7 Å². The highest BCUT2D eigenvalue weighted by Crippen LogP contribution is 2.37. The van der Waals surface area contributed by atoms with Gasteiger partial charge in [0.05, 0.1) is 11.7 Å². The van der Waals surface area contributed by atoms with E-state index in [4.69, 9.17) is 10.1 Å². The Morgan fingerprint density at radius 1 is 1.21 bits per heavy atom. The molecule has 0 spiro atoms. The Bertz CT molecular complexity index is 685. The Labute approximate surface area is 143 Å². The lowest BCUT2D eigenvalue weighted by Crippen LogP contribution is -2.52. The molecule has 1 aromatic carbocycles. The summed E-state index contributed by atoms with van der Waals surface area (Å²) in [6.45, 7) is 11.7. The quantitative estimate of drug-likeness (QED) is 0.742. The summed E-state index contributed by atoms with van der Waals surface area (Å²) >= 11 is 0. The Kier molecular flexibility index (Phi) is 4.58. The molecule has 0 radical (unpaired) electrons.